The van der Waals surface area contributed by atoms with Crippen LogP contribution >= 0.6 is 11.6 Å². The van der Waals surface area contributed by atoms with Gasteiger partial charge in [0.15, 0.2) is 0 Å². The molecule has 5 nitrogen and oxygen atoms in total. The van der Waals surface area contributed by atoms with E-state index in [4.69, 9.17) is 21.1 Å². The zero-order valence-electron chi connectivity index (χ0n) is 15.2. The van der Waals surface area contributed by atoms with Gasteiger partial charge >= 0.3 is 0 Å². The first kappa shape index (κ1) is 19.5. The van der Waals surface area contributed by atoms with E-state index < -0.39 is 0 Å². The number of benzene rings is 1. The molecule has 0 bridgehead atoms. The van der Waals surface area contributed by atoms with Crippen molar-refractivity contribution >= 4 is 17.5 Å². The van der Waals surface area contributed by atoms with Crippen molar-refractivity contribution in [2.24, 2.45) is 0 Å². The lowest BCUT2D eigenvalue weighted by molar-refractivity contribution is 0.0626. The minimum atomic E-state index is -0.0181. The van der Waals surface area contributed by atoms with Crippen molar-refractivity contribution in [2.45, 2.75) is 13.8 Å². The molecule has 2 rings (SSSR count). The Labute approximate surface area is 154 Å². The fourth-order valence-corrected chi connectivity index (χ4v) is 3.06. The molecule has 0 radical (unpaired) electrons. The highest BCUT2D eigenvalue weighted by atomic mass is 35.5. The number of carbonyl (C=O) groups excluding carboxylic acids is 1. The summed E-state index contributed by atoms with van der Waals surface area (Å²) in [7, 11) is 3.26. The van der Waals surface area contributed by atoms with Crippen molar-refractivity contribution < 1.29 is 14.3 Å². The van der Waals surface area contributed by atoms with Gasteiger partial charge in [0, 0.05) is 49.4 Å². The third-order valence-corrected chi connectivity index (χ3v) is 4.38. The molecule has 1 heterocycles. The molecule has 0 fully saturated rings. The predicted octanol–water partition coefficient (Wildman–Crippen LogP) is 3.48. The van der Waals surface area contributed by atoms with Crippen LogP contribution in [0, 0.1) is 13.8 Å². The lowest BCUT2D eigenvalue weighted by atomic mass is 10.2. The Hall–Kier alpha value is -1.82. The fourth-order valence-electron chi connectivity index (χ4n) is 2.88. The third kappa shape index (κ3) is 4.63. The van der Waals surface area contributed by atoms with Crippen LogP contribution in [0.2, 0.25) is 5.02 Å². The average Bonchev–Trinajstić information content (AvgIpc) is 2.89. The molecule has 0 aliphatic heterocycles. The minimum Gasteiger partial charge on any atom is -0.383 e. The maximum atomic E-state index is 13.0. The van der Waals surface area contributed by atoms with Gasteiger partial charge in [-0.3, -0.25) is 4.79 Å². The molecule has 0 atom stereocenters. The molecule has 25 heavy (non-hydrogen) atoms. The van der Waals surface area contributed by atoms with Gasteiger partial charge in [0.25, 0.3) is 5.91 Å². The highest BCUT2D eigenvalue weighted by Gasteiger charge is 2.21. The van der Waals surface area contributed by atoms with E-state index in [1.54, 1.807) is 19.1 Å². The normalized spacial score (nSPS) is 10.9. The van der Waals surface area contributed by atoms with Gasteiger partial charge in [-0.15, -0.1) is 0 Å². The molecule has 1 aromatic carbocycles. The van der Waals surface area contributed by atoms with Crippen molar-refractivity contribution in [3.63, 3.8) is 0 Å². The number of halogens is 1. The number of ether oxygens (including phenoxy) is 2. The van der Waals surface area contributed by atoms with Crippen LogP contribution in [0.5, 0.6) is 0 Å². The molecule has 136 valence electrons. The summed E-state index contributed by atoms with van der Waals surface area (Å²) in [6, 6.07) is 9.53. The Morgan fingerprint density at radius 1 is 1.12 bits per heavy atom. The van der Waals surface area contributed by atoms with Gasteiger partial charge in [-0.2, -0.15) is 0 Å². The number of carbonyl (C=O) groups is 1. The summed E-state index contributed by atoms with van der Waals surface area (Å²) >= 11 is 6.12. The summed E-state index contributed by atoms with van der Waals surface area (Å²) in [6.45, 7) is 5.97. The van der Waals surface area contributed by atoms with Gasteiger partial charge in [-0.25, -0.2) is 0 Å². The van der Waals surface area contributed by atoms with Crippen LogP contribution < -0.4 is 0 Å². The summed E-state index contributed by atoms with van der Waals surface area (Å²) in [5, 5.41) is 0.666. The number of nitrogens with zero attached hydrogens (tertiary/aromatic N) is 2. The number of rotatable bonds is 8. The summed E-state index contributed by atoms with van der Waals surface area (Å²) in [6.07, 6.45) is 0. The number of hydrogen-bond donors (Lipinski definition) is 0. The molecule has 0 unspecified atom stereocenters. The van der Waals surface area contributed by atoms with Crippen LogP contribution in [0.15, 0.2) is 30.3 Å². The first-order valence-electron chi connectivity index (χ1n) is 8.21. The summed E-state index contributed by atoms with van der Waals surface area (Å²) in [4.78, 5) is 14.8. The van der Waals surface area contributed by atoms with Crippen molar-refractivity contribution in [3.8, 4) is 5.69 Å². The van der Waals surface area contributed by atoms with Gasteiger partial charge in [0.2, 0.25) is 0 Å². The van der Waals surface area contributed by atoms with E-state index in [1.165, 1.54) is 0 Å². The van der Waals surface area contributed by atoms with E-state index in [0.29, 0.717) is 36.9 Å². The fraction of sp³-hybridized carbons (Fsp3) is 0.421. The Balaban J connectivity index is 2.35. The summed E-state index contributed by atoms with van der Waals surface area (Å²) < 4.78 is 12.3. The first-order chi connectivity index (χ1) is 12.0. The summed E-state index contributed by atoms with van der Waals surface area (Å²) in [5.74, 6) is -0.0181. The smallest absolute Gasteiger partial charge is 0.255 e. The zero-order chi connectivity index (χ0) is 18.4. The lowest BCUT2D eigenvalue weighted by Gasteiger charge is -2.22. The van der Waals surface area contributed by atoms with E-state index in [2.05, 4.69) is 0 Å². The van der Waals surface area contributed by atoms with Crippen LogP contribution in [-0.4, -0.2) is 55.9 Å². The number of amides is 1. The van der Waals surface area contributed by atoms with E-state index in [-0.39, 0.29) is 5.91 Å². The SMILES string of the molecule is COCCN(CCOC)C(=O)c1cc(C)n(-c2cccc(Cl)c2)c1C. The second kappa shape index (κ2) is 9.04. The molecule has 2 aromatic rings. The molecule has 1 aromatic heterocycles. The van der Waals surface area contributed by atoms with Crippen LogP contribution in [-0.2, 0) is 9.47 Å². The van der Waals surface area contributed by atoms with Gasteiger partial charge in [0.1, 0.15) is 0 Å². The van der Waals surface area contributed by atoms with Gasteiger partial charge in [-0.05, 0) is 38.1 Å². The van der Waals surface area contributed by atoms with Gasteiger partial charge < -0.3 is 18.9 Å². The molecular weight excluding hydrogens is 340 g/mol. The van der Waals surface area contributed by atoms with E-state index in [1.807, 2.05) is 48.7 Å². The van der Waals surface area contributed by atoms with Crippen molar-refractivity contribution in [1.29, 1.82) is 0 Å². The number of hydrogen-bond acceptors (Lipinski definition) is 3. The molecule has 6 heteroatoms. The Morgan fingerprint density at radius 2 is 1.76 bits per heavy atom. The predicted molar refractivity (Wildman–Crippen MR) is 99.9 cm³/mol. The Kier molecular flexibility index (Phi) is 7.05. The standard InChI is InChI=1S/C19H25ClN2O3/c1-14-12-18(19(23)21(8-10-24-3)9-11-25-4)15(2)22(14)17-7-5-6-16(20)13-17/h5-7,12-13H,8-11H2,1-4H3. The van der Waals surface area contributed by atoms with E-state index in [0.717, 1.165) is 17.1 Å². The lowest BCUT2D eigenvalue weighted by Crippen LogP contribution is -2.36. The topological polar surface area (TPSA) is 43.7 Å². The third-order valence-electron chi connectivity index (χ3n) is 4.15. The van der Waals surface area contributed by atoms with Crippen LogP contribution in [0.3, 0.4) is 0 Å². The molecule has 0 N–H and O–H groups in total. The molecular formula is C19H25ClN2O3. The molecule has 1 amide bonds. The maximum Gasteiger partial charge on any atom is 0.255 e. The van der Waals surface area contributed by atoms with Crippen molar-refractivity contribution in [1.82, 2.24) is 9.47 Å². The van der Waals surface area contributed by atoms with Crippen molar-refractivity contribution in [2.75, 3.05) is 40.5 Å². The highest BCUT2D eigenvalue weighted by molar-refractivity contribution is 6.30. The van der Waals surface area contributed by atoms with Crippen LogP contribution in [0.25, 0.3) is 5.69 Å². The second-order valence-electron chi connectivity index (χ2n) is 5.88. The number of aromatic nitrogens is 1. The zero-order valence-corrected chi connectivity index (χ0v) is 16.0. The van der Waals surface area contributed by atoms with E-state index in [9.17, 15) is 4.79 Å². The highest BCUT2D eigenvalue weighted by Crippen LogP contribution is 2.24. The summed E-state index contributed by atoms with van der Waals surface area (Å²) in [5.41, 5.74) is 3.51. The molecule has 0 saturated carbocycles. The second-order valence-corrected chi connectivity index (χ2v) is 6.31. The molecule has 0 aliphatic carbocycles. The quantitative estimate of drug-likeness (QED) is 0.720. The van der Waals surface area contributed by atoms with E-state index >= 15 is 0 Å². The molecule has 0 spiro atoms. The molecule has 0 aliphatic rings. The van der Waals surface area contributed by atoms with Gasteiger partial charge in [0.05, 0.1) is 18.8 Å². The first-order valence-corrected chi connectivity index (χ1v) is 8.59. The monoisotopic (exact) mass is 364 g/mol. The van der Waals surface area contributed by atoms with Gasteiger partial charge in [-0.1, -0.05) is 17.7 Å². The largest absolute Gasteiger partial charge is 0.383 e. The minimum absolute atomic E-state index is 0.0181. The Bertz CT molecular complexity index is 719. The Morgan fingerprint density at radius 3 is 2.32 bits per heavy atom. The van der Waals surface area contributed by atoms with Crippen LogP contribution in [0.1, 0.15) is 21.7 Å². The van der Waals surface area contributed by atoms with Crippen molar-refractivity contribution in [3.05, 3.63) is 52.3 Å². The van der Waals surface area contributed by atoms with Crippen LogP contribution in [0.4, 0.5) is 0 Å². The number of aryl methyl sites for hydroxylation is 1. The number of methoxy groups -OCH3 is 2. The molecule has 0 saturated heterocycles. The maximum absolute atomic E-state index is 13.0. The average molecular weight is 365 g/mol.